The summed E-state index contributed by atoms with van der Waals surface area (Å²) in [7, 11) is -2.21. The van der Waals surface area contributed by atoms with Crippen molar-refractivity contribution in [2.45, 2.75) is 31.6 Å². The summed E-state index contributed by atoms with van der Waals surface area (Å²) >= 11 is 0. The predicted octanol–water partition coefficient (Wildman–Crippen LogP) is 1.10. The molecule has 0 spiro atoms. The van der Waals surface area contributed by atoms with Crippen LogP contribution in [0.2, 0.25) is 0 Å². The van der Waals surface area contributed by atoms with Crippen molar-refractivity contribution in [3.63, 3.8) is 0 Å². The number of carbonyl (C=O) groups excluding carboxylic acids is 2. The van der Waals surface area contributed by atoms with Crippen molar-refractivity contribution in [1.29, 1.82) is 0 Å². The fourth-order valence-corrected chi connectivity index (χ4v) is 5.01. The van der Waals surface area contributed by atoms with E-state index in [9.17, 15) is 18.0 Å². The molecule has 0 aliphatic carbocycles. The van der Waals surface area contributed by atoms with Gasteiger partial charge in [-0.3, -0.25) is 9.59 Å². The molecule has 1 aromatic rings. The molecule has 2 aliphatic rings. The van der Waals surface area contributed by atoms with Crippen molar-refractivity contribution in [2.24, 2.45) is 5.10 Å². The highest BCUT2D eigenvalue weighted by Crippen LogP contribution is 2.31. The van der Waals surface area contributed by atoms with Crippen molar-refractivity contribution in [3.8, 4) is 0 Å². The molecule has 170 valence electrons. The Kier molecular flexibility index (Phi) is 7.29. The molecule has 0 unspecified atom stereocenters. The summed E-state index contributed by atoms with van der Waals surface area (Å²) in [5, 5.41) is 8.03. The second-order valence-corrected chi connectivity index (χ2v) is 9.22. The SMILES string of the molecule is CCN(CC)c1ccc(S(=O)(=O)N2CCOCC2)cc1NC(=O)C1=NN(C)C(=O)CC1. The van der Waals surface area contributed by atoms with E-state index in [-0.39, 0.29) is 29.4 Å². The van der Waals surface area contributed by atoms with Gasteiger partial charge < -0.3 is 15.0 Å². The van der Waals surface area contributed by atoms with Crippen LogP contribution >= 0.6 is 0 Å². The van der Waals surface area contributed by atoms with Crippen LogP contribution in [-0.4, -0.2) is 81.7 Å². The second-order valence-electron chi connectivity index (χ2n) is 7.29. The molecule has 1 saturated heterocycles. The van der Waals surface area contributed by atoms with E-state index in [0.717, 1.165) is 10.7 Å². The lowest BCUT2D eigenvalue weighted by Gasteiger charge is -2.28. The molecule has 31 heavy (non-hydrogen) atoms. The van der Waals surface area contributed by atoms with Crippen molar-refractivity contribution >= 4 is 38.9 Å². The Labute approximate surface area is 182 Å². The first kappa shape index (κ1) is 23.2. The van der Waals surface area contributed by atoms with Crippen molar-refractivity contribution in [3.05, 3.63) is 18.2 Å². The zero-order chi connectivity index (χ0) is 22.6. The maximum absolute atomic E-state index is 13.1. The average molecular weight is 452 g/mol. The van der Waals surface area contributed by atoms with Gasteiger partial charge in [-0.1, -0.05) is 0 Å². The predicted molar refractivity (Wildman–Crippen MR) is 118 cm³/mol. The zero-order valence-corrected chi connectivity index (χ0v) is 18.9. The van der Waals surface area contributed by atoms with E-state index in [1.807, 2.05) is 18.7 Å². The number of nitrogens with zero attached hydrogens (tertiary/aromatic N) is 4. The molecule has 11 heteroatoms. The van der Waals surface area contributed by atoms with Gasteiger partial charge in [0.25, 0.3) is 5.91 Å². The van der Waals surface area contributed by atoms with Crippen LogP contribution < -0.4 is 10.2 Å². The van der Waals surface area contributed by atoms with Crippen LogP contribution in [-0.2, 0) is 24.3 Å². The third-order valence-corrected chi connectivity index (χ3v) is 7.29. The van der Waals surface area contributed by atoms with Gasteiger partial charge in [0.2, 0.25) is 15.9 Å². The summed E-state index contributed by atoms with van der Waals surface area (Å²) in [6, 6.07) is 4.78. The number of hydrazone groups is 1. The zero-order valence-electron chi connectivity index (χ0n) is 18.1. The number of benzene rings is 1. The number of sulfonamides is 1. The third kappa shape index (κ3) is 5.05. The minimum Gasteiger partial charge on any atom is -0.379 e. The lowest BCUT2D eigenvalue weighted by atomic mass is 10.1. The van der Waals surface area contributed by atoms with Gasteiger partial charge in [0.1, 0.15) is 5.71 Å². The first-order chi connectivity index (χ1) is 14.8. The first-order valence-corrected chi connectivity index (χ1v) is 11.8. The van der Waals surface area contributed by atoms with Gasteiger partial charge in [0.15, 0.2) is 0 Å². The largest absolute Gasteiger partial charge is 0.379 e. The van der Waals surface area contributed by atoms with Gasteiger partial charge in [-0.15, -0.1) is 0 Å². The number of rotatable bonds is 7. The Morgan fingerprint density at radius 3 is 2.48 bits per heavy atom. The molecular weight excluding hydrogens is 422 g/mol. The van der Waals surface area contributed by atoms with E-state index in [2.05, 4.69) is 10.4 Å². The molecule has 0 atom stereocenters. The quantitative estimate of drug-likeness (QED) is 0.665. The average Bonchev–Trinajstić information content (AvgIpc) is 2.77. The van der Waals surface area contributed by atoms with Gasteiger partial charge in [0, 0.05) is 46.1 Å². The number of anilines is 2. The molecule has 1 aromatic carbocycles. The smallest absolute Gasteiger partial charge is 0.271 e. The minimum atomic E-state index is -3.72. The van der Waals surface area contributed by atoms with Gasteiger partial charge in [0.05, 0.1) is 29.5 Å². The Morgan fingerprint density at radius 2 is 1.87 bits per heavy atom. The topological polar surface area (TPSA) is 112 Å². The second kappa shape index (κ2) is 9.75. The van der Waals surface area contributed by atoms with E-state index in [4.69, 9.17) is 4.74 Å². The molecule has 1 fully saturated rings. The number of morpholine rings is 1. The van der Waals surface area contributed by atoms with E-state index < -0.39 is 15.9 Å². The van der Waals surface area contributed by atoms with Crippen LogP contribution in [0.15, 0.2) is 28.2 Å². The van der Waals surface area contributed by atoms with E-state index in [0.29, 0.717) is 45.1 Å². The van der Waals surface area contributed by atoms with Crippen LogP contribution in [0.5, 0.6) is 0 Å². The monoisotopic (exact) mass is 451 g/mol. The van der Waals surface area contributed by atoms with Crippen LogP contribution in [0.25, 0.3) is 0 Å². The van der Waals surface area contributed by atoms with Gasteiger partial charge in [-0.2, -0.15) is 9.41 Å². The molecular formula is C20H29N5O5S. The van der Waals surface area contributed by atoms with Gasteiger partial charge in [-0.25, -0.2) is 13.4 Å². The van der Waals surface area contributed by atoms with Crippen molar-refractivity contribution < 1.29 is 22.7 Å². The molecule has 0 bridgehead atoms. The normalized spacial score (nSPS) is 18.0. The van der Waals surface area contributed by atoms with E-state index in [1.54, 1.807) is 12.1 Å². The van der Waals surface area contributed by atoms with Gasteiger partial charge in [-0.05, 0) is 32.0 Å². The van der Waals surface area contributed by atoms with Crippen LogP contribution in [0, 0.1) is 0 Å². The maximum atomic E-state index is 13.1. The molecule has 0 radical (unpaired) electrons. The minimum absolute atomic E-state index is 0.110. The highest BCUT2D eigenvalue weighted by atomic mass is 32.2. The fourth-order valence-electron chi connectivity index (χ4n) is 3.58. The van der Waals surface area contributed by atoms with E-state index in [1.165, 1.54) is 17.4 Å². The molecule has 2 amide bonds. The molecule has 0 aromatic heterocycles. The summed E-state index contributed by atoms with van der Waals surface area (Å²) < 4.78 is 32.9. The Hall–Kier alpha value is -2.50. The first-order valence-electron chi connectivity index (χ1n) is 10.4. The molecule has 3 rings (SSSR count). The van der Waals surface area contributed by atoms with Crippen LogP contribution in [0.3, 0.4) is 0 Å². The number of amides is 2. The van der Waals surface area contributed by atoms with Gasteiger partial charge >= 0.3 is 0 Å². The molecule has 2 aliphatic heterocycles. The summed E-state index contributed by atoms with van der Waals surface area (Å²) in [5.74, 6) is -0.604. The van der Waals surface area contributed by atoms with Crippen LogP contribution in [0.1, 0.15) is 26.7 Å². The number of hydrogen-bond acceptors (Lipinski definition) is 7. The number of ether oxygens (including phenoxy) is 1. The summed E-state index contributed by atoms with van der Waals surface area (Å²) in [6.45, 7) is 6.63. The van der Waals surface area contributed by atoms with Crippen molar-refractivity contribution in [1.82, 2.24) is 9.31 Å². The number of nitrogens with one attached hydrogen (secondary N) is 1. The van der Waals surface area contributed by atoms with E-state index >= 15 is 0 Å². The molecule has 10 nitrogen and oxygen atoms in total. The van der Waals surface area contributed by atoms with Crippen molar-refractivity contribution in [2.75, 3.05) is 56.7 Å². The molecule has 2 heterocycles. The summed E-state index contributed by atoms with van der Waals surface area (Å²) in [4.78, 5) is 26.6. The standard InChI is InChI=1S/C20H29N5O5S/c1-4-24(5-2)18-8-6-15(31(28,29)25-10-12-30-13-11-25)14-17(18)21-20(27)16-7-9-19(26)23(3)22-16/h6,8,14H,4-5,7,9-13H2,1-3H3,(H,21,27). The highest BCUT2D eigenvalue weighted by Gasteiger charge is 2.28. The lowest BCUT2D eigenvalue weighted by molar-refractivity contribution is -0.130. The summed E-state index contributed by atoms with van der Waals surface area (Å²) in [6.07, 6.45) is 0.443. The fraction of sp³-hybridized carbons (Fsp3) is 0.550. The molecule has 1 N–H and O–H groups in total. The lowest BCUT2D eigenvalue weighted by Crippen LogP contribution is -2.40. The number of hydrogen-bond donors (Lipinski definition) is 1. The highest BCUT2D eigenvalue weighted by molar-refractivity contribution is 7.89. The molecule has 0 saturated carbocycles. The Balaban J connectivity index is 1.95. The Bertz CT molecular complexity index is 968. The number of carbonyl (C=O) groups is 2. The van der Waals surface area contributed by atoms with Crippen LogP contribution in [0.4, 0.5) is 11.4 Å². The maximum Gasteiger partial charge on any atom is 0.271 e. The Morgan fingerprint density at radius 1 is 1.19 bits per heavy atom. The summed E-state index contributed by atoms with van der Waals surface area (Å²) in [5.41, 5.74) is 1.35. The third-order valence-electron chi connectivity index (χ3n) is 5.40.